The minimum absolute atomic E-state index is 0.0355. The fourth-order valence-electron chi connectivity index (χ4n) is 7.88. The van der Waals surface area contributed by atoms with Crippen LogP contribution in [0.1, 0.15) is 89.2 Å². The van der Waals surface area contributed by atoms with Crippen LogP contribution in [0.5, 0.6) is 5.88 Å². The van der Waals surface area contributed by atoms with Gasteiger partial charge < -0.3 is 5.11 Å². The SMILES string of the molecule is O=C(CCCc1c(O)n(C23CC4CC(CC(C4)C2)C3)c(=O)n1CC1CCCCC1)NO. The van der Waals surface area contributed by atoms with Gasteiger partial charge in [-0.3, -0.25) is 19.1 Å². The Kier molecular flexibility index (Phi) is 5.65. The molecule has 0 spiro atoms. The first-order valence-electron chi connectivity index (χ1n) is 12.5. The lowest BCUT2D eigenvalue weighted by molar-refractivity contribution is -0.129. The van der Waals surface area contributed by atoms with Crippen molar-refractivity contribution in [3.8, 4) is 5.88 Å². The number of nitrogens with zero attached hydrogens (tertiary/aromatic N) is 2. The van der Waals surface area contributed by atoms with Gasteiger partial charge >= 0.3 is 5.69 Å². The van der Waals surface area contributed by atoms with Gasteiger partial charge in [-0.1, -0.05) is 19.3 Å². The van der Waals surface area contributed by atoms with E-state index in [-0.39, 0.29) is 23.5 Å². The number of aromatic nitrogens is 2. The van der Waals surface area contributed by atoms with Crippen molar-refractivity contribution in [1.82, 2.24) is 14.6 Å². The van der Waals surface area contributed by atoms with Crippen LogP contribution in [0, 0.1) is 23.7 Å². The monoisotopic (exact) mass is 431 g/mol. The second-order valence-corrected chi connectivity index (χ2v) is 11.0. The Morgan fingerprint density at radius 3 is 2.23 bits per heavy atom. The normalized spacial score (nSPS) is 32.5. The van der Waals surface area contributed by atoms with Crippen LogP contribution in [-0.4, -0.2) is 25.4 Å². The molecule has 7 heteroatoms. The van der Waals surface area contributed by atoms with Crippen molar-refractivity contribution in [1.29, 1.82) is 0 Å². The van der Waals surface area contributed by atoms with Crippen molar-refractivity contribution < 1.29 is 15.1 Å². The number of hydrogen-bond donors (Lipinski definition) is 3. The molecule has 1 aromatic heterocycles. The van der Waals surface area contributed by atoms with Gasteiger partial charge in [-0.15, -0.1) is 0 Å². The van der Waals surface area contributed by atoms with Gasteiger partial charge in [0.1, 0.15) is 0 Å². The van der Waals surface area contributed by atoms with Crippen LogP contribution in [0.2, 0.25) is 0 Å². The summed E-state index contributed by atoms with van der Waals surface area (Å²) in [6.07, 6.45) is 14.1. The van der Waals surface area contributed by atoms with E-state index in [0.717, 1.165) is 32.1 Å². The topological polar surface area (TPSA) is 96.5 Å². The van der Waals surface area contributed by atoms with Crippen molar-refractivity contribution in [3.63, 3.8) is 0 Å². The third-order valence-electron chi connectivity index (χ3n) is 8.81. The van der Waals surface area contributed by atoms with Gasteiger partial charge in [0.05, 0.1) is 11.2 Å². The number of carbonyl (C=O) groups is 1. The van der Waals surface area contributed by atoms with Gasteiger partial charge in [0.15, 0.2) is 0 Å². The standard InChI is InChI=1S/C24H37N3O4/c28-21(25-31)8-4-7-20-22(29)27(23(30)26(20)15-16-5-2-1-3-6-16)24-12-17-9-18(13-24)11-19(10-17)14-24/h16-19,29,31H,1-15H2,(H,25,28). The summed E-state index contributed by atoms with van der Waals surface area (Å²) in [5.41, 5.74) is 2.12. The molecule has 5 saturated carbocycles. The minimum Gasteiger partial charge on any atom is -0.493 e. The highest BCUT2D eigenvalue weighted by molar-refractivity contribution is 5.74. The summed E-state index contributed by atoms with van der Waals surface area (Å²) >= 11 is 0. The summed E-state index contributed by atoms with van der Waals surface area (Å²) in [4.78, 5) is 25.3. The van der Waals surface area contributed by atoms with E-state index in [1.807, 2.05) is 4.57 Å². The summed E-state index contributed by atoms with van der Waals surface area (Å²) in [5, 5.41) is 20.2. The largest absolute Gasteiger partial charge is 0.493 e. The number of aromatic hydroxyl groups is 1. The van der Waals surface area contributed by atoms with E-state index in [9.17, 15) is 14.7 Å². The predicted molar refractivity (Wildman–Crippen MR) is 116 cm³/mol. The average Bonchev–Trinajstić information content (AvgIpc) is 2.97. The molecule has 0 aliphatic heterocycles. The van der Waals surface area contributed by atoms with Crippen molar-refractivity contribution in [2.45, 2.75) is 102 Å². The van der Waals surface area contributed by atoms with Crippen LogP contribution in [-0.2, 0) is 23.3 Å². The molecule has 1 aromatic rings. The summed E-state index contributed by atoms with van der Waals surface area (Å²) in [5.74, 6) is 2.27. The highest BCUT2D eigenvalue weighted by Gasteiger charge is 2.53. The molecule has 5 fully saturated rings. The number of amides is 1. The van der Waals surface area contributed by atoms with Gasteiger partial charge in [-0.25, -0.2) is 10.3 Å². The Morgan fingerprint density at radius 2 is 1.65 bits per heavy atom. The molecular weight excluding hydrogens is 394 g/mol. The van der Waals surface area contributed by atoms with E-state index < -0.39 is 5.91 Å². The van der Waals surface area contributed by atoms with Gasteiger partial charge in [-0.05, 0) is 87.9 Å². The highest BCUT2D eigenvalue weighted by Crippen LogP contribution is 2.59. The first-order valence-corrected chi connectivity index (χ1v) is 12.5. The van der Waals surface area contributed by atoms with E-state index in [2.05, 4.69) is 0 Å². The number of carbonyl (C=O) groups excluding carboxylic acids is 1. The predicted octanol–water partition coefficient (Wildman–Crippen LogP) is 3.69. The number of nitrogens with one attached hydrogen (secondary N) is 1. The fourth-order valence-corrected chi connectivity index (χ4v) is 7.88. The lowest BCUT2D eigenvalue weighted by Crippen LogP contribution is -2.54. The van der Waals surface area contributed by atoms with Crippen molar-refractivity contribution in [2.24, 2.45) is 23.7 Å². The first-order chi connectivity index (χ1) is 15.0. The zero-order valence-corrected chi connectivity index (χ0v) is 18.5. The van der Waals surface area contributed by atoms with E-state index in [4.69, 9.17) is 5.21 Å². The van der Waals surface area contributed by atoms with Gasteiger partial charge in [0, 0.05) is 13.0 Å². The number of rotatable bonds is 7. The van der Waals surface area contributed by atoms with Crippen molar-refractivity contribution in [3.05, 3.63) is 16.2 Å². The molecule has 1 heterocycles. The number of hydroxylamine groups is 1. The van der Waals surface area contributed by atoms with Crippen LogP contribution >= 0.6 is 0 Å². The second kappa shape index (κ2) is 8.30. The van der Waals surface area contributed by atoms with Crippen molar-refractivity contribution in [2.75, 3.05) is 0 Å². The van der Waals surface area contributed by atoms with Crippen LogP contribution in [0.4, 0.5) is 0 Å². The van der Waals surface area contributed by atoms with Crippen molar-refractivity contribution >= 4 is 5.91 Å². The summed E-state index contributed by atoms with van der Waals surface area (Å²) in [6.45, 7) is 0.674. The van der Waals surface area contributed by atoms with E-state index in [0.29, 0.717) is 48.8 Å². The molecule has 31 heavy (non-hydrogen) atoms. The summed E-state index contributed by atoms with van der Waals surface area (Å²) in [6, 6.07) is 0. The Labute approximate surface area is 183 Å². The molecular formula is C24H37N3O4. The number of hydrogen-bond acceptors (Lipinski definition) is 4. The van der Waals surface area contributed by atoms with Gasteiger partial charge in [0.25, 0.3) is 0 Å². The molecule has 0 unspecified atom stereocenters. The molecule has 0 aromatic carbocycles. The van der Waals surface area contributed by atoms with Crippen LogP contribution in [0.3, 0.4) is 0 Å². The van der Waals surface area contributed by atoms with Gasteiger partial charge in [-0.2, -0.15) is 0 Å². The third kappa shape index (κ3) is 3.83. The maximum absolute atomic E-state index is 13.8. The molecule has 3 N–H and O–H groups in total. The Hall–Kier alpha value is -1.76. The lowest BCUT2D eigenvalue weighted by atomic mass is 9.53. The molecule has 0 atom stereocenters. The summed E-state index contributed by atoms with van der Waals surface area (Å²) < 4.78 is 3.64. The summed E-state index contributed by atoms with van der Waals surface area (Å²) in [7, 11) is 0. The molecule has 0 radical (unpaired) electrons. The fraction of sp³-hybridized carbons (Fsp3) is 0.833. The van der Waals surface area contributed by atoms with E-state index in [1.54, 1.807) is 10.0 Å². The molecule has 5 aliphatic rings. The Morgan fingerprint density at radius 1 is 1.03 bits per heavy atom. The van der Waals surface area contributed by atoms with Crippen LogP contribution in [0.25, 0.3) is 0 Å². The first kappa shape index (κ1) is 21.1. The molecule has 1 amide bonds. The van der Waals surface area contributed by atoms with Gasteiger partial charge in [0.2, 0.25) is 11.8 Å². The molecule has 0 saturated heterocycles. The quantitative estimate of drug-likeness (QED) is 0.453. The molecule has 5 aliphatic carbocycles. The molecule has 172 valence electrons. The lowest BCUT2D eigenvalue weighted by Gasteiger charge is -2.56. The zero-order valence-electron chi connectivity index (χ0n) is 18.5. The smallest absolute Gasteiger partial charge is 0.331 e. The maximum atomic E-state index is 13.8. The molecule has 6 rings (SSSR count). The van der Waals surface area contributed by atoms with Crippen LogP contribution in [0.15, 0.2) is 4.79 Å². The maximum Gasteiger partial charge on any atom is 0.331 e. The van der Waals surface area contributed by atoms with E-state index in [1.165, 1.54) is 38.5 Å². The Balaban J connectivity index is 1.48. The Bertz CT molecular complexity index is 845. The van der Waals surface area contributed by atoms with Crippen LogP contribution < -0.4 is 11.2 Å². The van der Waals surface area contributed by atoms with E-state index >= 15 is 0 Å². The minimum atomic E-state index is -0.429. The number of imidazole rings is 1. The molecule has 7 nitrogen and oxygen atoms in total. The molecule has 4 bridgehead atoms. The third-order valence-corrected chi connectivity index (χ3v) is 8.81. The highest BCUT2D eigenvalue weighted by atomic mass is 16.5. The average molecular weight is 432 g/mol. The zero-order chi connectivity index (χ0) is 21.6. The second-order valence-electron chi connectivity index (χ2n) is 11.0.